The Balaban J connectivity index is 3.30. The minimum atomic E-state index is -3.61. The highest BCUT2D eigenvalue weighted by Crippen LogP contribution is 2.17. The molecule has 0 saturated carbocycles. The molecule has 0 spiro atoms. The molecule has 0 atom stereocenters. The molecule has 0 heterocycles. The van der Waals surface area contributed by atoms with Gasteiger partial charge in [0.1, 0.15) is 0 Å². The fourth-order valence-corrected chi connectivity index (χ4v) is 1.63. The van der Waals surface area contributed by atoms with E-state index in [1.165, 1.54) is 12.1 Å². The molecule has 13 heavy (non-hydrogen) atoms. The van der Waals surface area contributed by atoms with Gasteiger partial charge in [-0.15, -0.1) is 0 Å². The third-order valence-electron chi connectivity index (χ3n) is 1.82. The Morgan fingerprint density at radius 2 is 2.00 bits per heavy atom. The molecule has 1 aromatic carbocycles. The average molecular weight is 200 g/mol. The van der Waals surface area contributed by atoms with E-state index in [0.717, 1.165) is 5.56 Å². The van der Waals surface area contributed by atoms with Crippen molar-refractivity contribution in [2.45, 2.75) is 18.2 Å². The van der Waals surface area contributed by atoms with Gasteiger partial charge < -0.3 is 5.73 Å². The van der Waals surface area contributed by atoms with Gasteiger partial charge in [-0.05, 0) is 30.2 Å². The Labute approximate surface area is 77.6 Å². The van der Waals surface area contributed by atoms with Gasteiger partial charge in [0.2, 0.25) is 10.0 Å². The van der Waals surface area contributed by atoms with Gasteiger partial charge in [-0.3, -0.25) is 0 Å². The second-order valence-corrected chi connectivity index (χ2v) is 4.32. The second kappa shape index (κ2) is 3.35. The number of sulfonamides is 1. The Bertz CT molecular complexity index is 412. The highest BCUT2D eigenvalue weighted by molar-refractivity contribution is 7.89. The maximum Gasteiger partial charge on any atom is 0.238 e. The summed E-state index contributed by atoms with van der Waals surface area (Å²) in [5.74, 6) is 0. The van der Waals surface area contributed by atoms with E-state index in [0.29, 0.717) is 12.1 Å². The Kier molecular flexibility index (Phi) is 2.58. The van der Waals surface area contributed by atoms with Crippen molar-refractivity contribution in [3.05, 3.63) is 23.8 Å². The first-order valence-corrected chi connectivity index (χ1v) is 5.41. The second-order valence-electron chi connectivity index (χ2n) is 2.76. The van der Waals surface area contributed by atoms with Crippen LogP contribution in [-0.4, -0.2) is 8.42 Å². The van der Waals surface area contributed by atoms with Crippen molar-refractivity contribution in [2.24, 2.45) is 5.14 Å². The number of hydrogen-bond donors (Lipinski definition) is 2. The number of primary sulfonamides is 1. The maximum atomic E-state index is 10.9. The Morgan fingerprint density at radius 1 is 1.38 bits per heavy atom. The standard InChI is InChI=1S/C8H12N2O2S/c1-2-6-5-7(13(10,11)12)3-4-8(6)9/h3-5H,2,9H2,1H3,(H2,10,11,12). The van der Waals surface area contributed by atoms with Gasteiger partial charge in [-0.1, -0.05) is 6.92 Å². The van der Waals surface area contributed by atoms with E-state index in [9.17, 15) is 8.42 Å². The molecular weight excluding hydrogens is 188 g/mol. The molecule has 72 valence electrons. The van der Waals surface area contributed by atoms with Crippen LogP contribution in [-0.2, 0) is 16.4 Å². The summed E-state index contributed by atoms with van der Waals surface area (Å²) in [6, 6.07) is 4.47. The first-order valence-electron chi connectivity index (χ1n) is 3.86. The van der Waals surface area contributed by atoms with Crippen LogP contribution in [0.3, 0.4) is 0 Å². The molecule has 0 aliphatic heterocycles. The number of aryl methyl sites for hydroxylation is 1. The predicted molar refractivity (Wildman–Crippen MR) is 51.6 cm³/mol. The molecule has 4 nitrogen and oxygen atoms in total. The average Bonchev–Trinajstić information content (AvgIpc) is 2.03. The summed E-state index contributed by atoms with van der Waals surface area (Å²) in [7, 11) is -3.61. The molecule has 0 aliphatic carbocycles. The fraction of sp³-hybridized carbons (Fsp3) is 0.250. The third kappa shape index (κ3) is 2.19. The van der Waals surface area contributed by atoms with Crippen LogP contribution in [0.2, 0.25) is 0 Å². The third-order valence-corrected chi connectivity index (χ3v) is 2.73. The smallest absolute Gasteiger partial charge is 0.238 e. The van der Waals surface area contributed by atoms with Crippen LogP contribution < -0.4 is 10.9 Å². The molecule has 1 aromatic rings. The molecule has 0 fully saturated rings. The van der Waals surface area contributed by atoms with Crippen LogP contribution in [0.15, 0.2) is 23.1 Å². The van der Waals surface area contributed by atoms with Gasteiger partial charge in [-0.25, -0.2) is 13.6 Å². The van der Waals surface area contributed by atoms with E-state index in [1.54, 1.807) is 6.07 Å². The van der Waals surface area contributed by atoms with Gasteiger partial charge in [-0.2, -0.15) is 0 Å². The monoisotopic (exact) mass is 200 g/mol. The van der Waals surface area contributed by atoms with Gasteiger partial charge in [0.15, 0.2) is 0 Å². The van der Waals surface area contributed by atoms with Crippen molar-refractivity contribution in [1.82, 2.24) is 0 Å². The highest BCUT2D eigenvalue weighted by Gasteiger charge is 2.08. The lowest BCUT2D eigenvalue weighted by Gasteiger charge is -2.04. The first kappa shape index (κ1) is 10.0. The van der Waals surface area contributed by atoms with Crippen molar-refractivity contribution >= 4 is 15.7 Å². The van der Waals surface area contributed by atoms with E-state index < -0.39 is 10.0 Å². The van der Waals surface area contributed by atoms with Gasteiger partial charge >= 0.3 is 0 Å². The van der Waals surface area contributed by atoms with Crippen molar-refractivity contribution in [3.8, 4) is 0 Å². The van der Waals surface area contributed by atoms with Crippen LogP contribution in [0.5, 0.6) is 0 Å². The highest BCUT2D eigenvalue weighted by atomic mass is 32.2. The van der Waals surface area contributed by atoms with Crippen molar-refractivity contribution in [3.63, 3.8) is 0 Å². The number of hydrogen-bond acceptors (Lipinski definition) is 3. The topological polar surface area (TPSA) is 86.2 Å². The number of rotatable bonds is 2. The molecule has 0 aliphatic rings. The summed E-state index contributed by atoms with van der Waals surface area (Å²) in [4.78, 5) is 0.110. The Morgan fingerprint density at radius 3 is 2.46 bits per heavy atom. The fourth-order valence-electron chi connectivity index (χ4n) is 1.07. The summed E-state index contributed by atoms with van der Waals surface area (Å²) in [6.07, 6.45) is 0.690. The van der Waals surface area contributed by atoms with Crippen molar-refractivity contribution < 1.29 is 8.42 Å². The SMILES string of the molecule is CCc1cc(S(N)(=O)=O)ccc1N. The molecule has 0 radical (unpaired) electrons. The summed E-state index contributed by atoms with van der Waals surface area (Å²) in [5, 5.41) is 4.96. The summed E-state index contributed by atoms with van der Waals surface area (Å²) in [6.45, 7) is 1.90. The van der Waals surface area contributed by atoms with Crippen LogP contribution in [0, 0.1) is 0 Å². The van der Waals surface area contributed by atoms with E-state index in [2.05, 4.69) is 0 Å². The summed E-state index contributed by atoms with van der Waals surface area (Å²) < 4.78 is 21.9. The molecule has 5 heteroatoms. The largest absolute Gasteiger partial charge is 0.399 e. The lowest BCUT2D eigenvalue weighted by atomic mass is 10.1. The van der Waals surface area contributed by atoms with Crippen LogP contribution in [0.25, 0.3) is 0 Å². The van der Waals surface area contributed by atoms with E-state index in [1.807, 2.05) is 6.92 Å². The molecule has 1 rings (SSSR count). The van der Waals surface area contributed by atoms with E-state index in [-0.39, 0.29) is 4.90 Å². The Hall–Kier alpha value is -1.07. The minimum absolute atomic E-state index is 0.110. The quantitative estimate of drug-likeness (QED) is 0.681. The first-order chi connectivity index (χ1) is 5.95. The van der Waals surface area contributed by atoms with Gasteiger partial charge in [0, 0.05) is 5.69 Å². The van der Waals surface area contributed by atoms with Crippen LogP contribution >= 0.6 is 0 Å². The molecule has 0 amide bonds. The number of anilines is 1. The number of benzene rings is 1. The molecular formula is C8H12N2O2S. The van der Waals surface area contributed by atoms with E-state index >= 15 is 0 Å². The van der Waals surface area contributed by atoms with Crippen molar-refractivity contribution in [2.75, 3.05) is 5.73 Å². The summed E-state index contributed by atoms with van der Waals surface area (Å²) in [5.41, 5.74) is 7.00. The molecule has 0 bridgehead atoms. The molecule has 0 saturated heterocycles. The lowest BCUT2D eigenvalue weighted by molar-refractivity contribution is 0.597. The number of nitrogen functional groups attached to an aromatic ring is 1. The molecule has 4 N–H and O–H groups in total. The normalized spacial score (nSPS) is 11.5. The van der Waals surface area contributed by atoms with Crippen LogP contribution in [0.1, 0.15) is 12.5 Å². The van der Waals surface area contributed by atoms with Gasteiger partial charge in [0.05, 0.1) is 4.90 Å². The van der Waals surface area contributed by atoms with Crippen molar-refractivity contribution in [1.29, 1.82) is 0 Å². The summed E-state index contributed by atoms with van der Waals surface area (Å²) >= 11 is 0. The molecule has 0 unspecified atom stereocenters. The lowest BCUT2D eigenvalue weighted by Crippen LogP contribution is -2.12. The maximum absolute atomic E-state index is 10.9. The van der Waals surface area contributed by atoms with Gasteiger partial charge in [0.25, 0.3) is 0 Å². The van der Waals surface area contributed by atoms with E-state index in [4.69, 9.17) is 10.9 Å². The number of nitrogens with two attached hydrogens (primary N) is 2. The zero-order valence-electron chi connectivity index (χ0n) is 7.32. The zero-order chi connectivity index (χ0) is 10.1. The predicted octanol–water partition coefficient (Wildman–Crippen LogP) is 0.479. The minimum Gasteiger partial charge on any atom is -0.399 e. The zero-order valence-corrected chi connectivity index (χ0v) is 8.14. The van der Waals surface area contributed by atoms with Crippen LogP contribution in [0.4, 0.5) is 5.69 Å². The molecule has 0 aromatic heterocycles.